The third kappa shape index (κ3) is 6.47. The van der Waals surface area contributed by atoms with E-state index in [0.29, 0.717) is 17.8 Å². The summed E-state index contributed by atoms with van der Waals surface area (Å²) < 4.78 is 6.67. The molecule has 3 saturated heterocycles. The molecule has 0 aliphatic carbocycles. The molecule has 0 saturated carbocycles. The maximum Gasteiger partial charge on any atom is 0.229 e. The SMILES string of the molecule is CCc1cc(Nc2ncc(Br)c(Nc3ccc4nccnc4c3P(C)(C)=S)n2)c(OC)cc1N1CCC(N2CC3CC2CN3C)CC1. The number of aromatic nitrogens is 4. The second kappa shape index (κ2) is 13.2. The maximum atomic E-state index is 6.01. The van der Waals surface area contributed by atoms with Gasteiger partial charge in [-0.05, 0) is 91.8 Å². The minimum Gasteiger partial charge on any atom is -0.494 e. The van der Waals surface area contributed by atoms with Gasteiger partial charge in [0.25, 0.3) is 0 Å². The molecule has 2 aromatic heterocycles. The lowest BCUT2D eigenvalue weighted by atomic mass is 9.99. The molecule has 0 radical (unpaired) electrons. The summed E-state index contributed by atoms with van der Waals surface area (Å²) in [4.78, 5) is 26.5. The van der Waals surface area contributed by atoms with Crippen molar-refractivity contribution in [2.75, 3.05) is 69.2 Å². The van der Waals surface area contributed by atoms with Crippen molar-refractivity contribution < 1.29 is 4.74 Å². The molecule has 3 aliphatic rings. The molecule has 4 aromatic rings. The summed E-state index contributed by atoms with van der Waals surface area (Å²) >= 11 is 9.65. The van der Waals surface area contributed by atoms with Crippen LogP contribution in [0.25, 0.3) is 11.0 Å². The number of aryl methyl sites for hydroxylation is 1. The van der Waals surface area contributed by atoms with Crippen molar-refractivity contribution >= 4 is 78.9 Å². The van der Waals surface area contributed by atoms with Crippen molar-refractivity contribution in [3.05, 3.63) is 52.9 Å². The minimum absolute atomic E-state index is 0.463. The molecule has 0 spiro atoms. The van der Waals surface area contributed by atoms with Crippen molar-refractivity contribution in [1.29, 1.82) is 0 Å². The van der Waals surface area contributed by atoms with Crippen LogP contribution < -0.4 is 25.6 Å². The molecule has 2 N–H and O–H groups in total. The first-order valence-electron chi connectivity index (χ1n) is 16.4. The zero-order chi connectivity index (χ0) is 32.9. The molecule has 47 heavy (non-hydrogen) atoms. The predicted octanol–water partition coefficient (Wildman–Crippen LogP) is 5.96. The molecular weight excluding hydrogens is 693 g/mol. The summed E-state index contributed by atoms with van der Waals surface area (Å²) in [6.07, 6.45) is 9.84. The molecule has 3 aliphatic heterocycles. The molecule has 3 fully saturated rings. The van der Waals surface area contributed by atoms with E-state index in [1.807, 2.05) is 12.1 Å². The molecule has 2 bridgehead atoms. The molecule has 0 amide bonds. The summed E-state index contributed by atoms with van der Waals surface area (Å²) in [6.45, 7) is 11.0. The Hall–Kier alpha value is -2.89. The van der Waals surface area contributed by atoms with Gasteiger partial charge in [0.1, 0.15) is 11.6 Å². The number of likely N-dealkylation sites (N-methyl/N-ethyl adjacent to an activating group) is 1. The first-order valence-corrected chi connectivity index (χ1v) is 20.9. The van der Waals surface area contributed by atoms with Gasteiger partial charge < -0.3 is 25.2 Å². The van der Waals surface area contributed by atoms with Gasteiger partial charge in [-0.25, -0.2) is 4.98 Å². The highest BCUT2D eigenvalue weighted by Gasteiger charge is 2.44. The molecule has 7 rings (SSSR count). The van der Waals surface area contributed by atoms with Gasteiger partial charge in [0, 0.05) is 80.0 Å². The number of halogens is 1. The van der Waals surface area contributed by atoms with Crippen LogP contribution in [0.5, 0.6) is 5.75 Å². The normalized spacial score (nSPS) is 20.7. The molecule has 2 atom stereocenters. The zero-order valence-electron chi connectivity index (χ0n) is 27.7. The first kappa shape index (κ1) is 32.6. The Bertz CT molecular complexity index is 1840. The summed E-state index contributed by atoms with van der Waals surface area (Å²) in [5.74, 6) is 1.86. The predicted molar refractivity (Wildman–Crippen MR) is 201 cm³/mol. The van der Waals surface area contributed by atoms with Gasteiger partial charge in [0.05, 0.1) is 34.0 Å². The average molecular weight is 737 g/mol. The van der Waals surface area contributed by atoms with Crippen molar-refractivity contribution in [3.63, 3.8) is 0 Å². The third-order valence-corrected chi connectivity index (χ3v) is 12.7. The van der Waals surface area contributed by atoms with Crippen LogP contribution in [0.15, 0.2) is 47.3 Å². The highest BCUT2D eigenvalue weighted by molar-refractivity contribution is 9.10. The number of ether oxygens (including phenoxy) is 1. The van der Waals surface area contributed by atoms with Gasteiger partial charge in [0.2, 0.25) is 5.95 Å². The molecular formula is C34H43BrN9OPS. The van der Waals surface area contributed by atoms with E-state index in [1.54, 1.807) is 25.7 Å². The largest absolute Gasteiger partial charge is 0.494 e. The number of anilines is 5. The topological polar surface area (TPSA) is 94.6 Å². The van der Waals surface area contributed by atoms with E-state index in [0.717, 1.165) is 69.5 Å². The van der Waals surface area contributed by atoms with Gasteiger partial charge in [-0.2, -0.15) is 4.98 Å². The standard InChI is InChI=1S/C34H43BrN9OPS/c1-6-21-15-28(30(45-3)17-29(21)43-13-9-22(10-14-43)44-20-23-16-24(44)19-42(23)2)40-34-38-18-25(35)33(41-34)39-27-8-7-26-31(37-12-11-36-26)32(27)46(4,5)47/h7-8,11-12,15,17-18,22-24H,6,9-10,13-14,16,19-20H2,1-5H3,(H2,38,39,40,41). The smallest absolute Gasteiger partial charge is 0.229 e. The summed E-state index contributed by atoms with van der Waals surface area (Å²) in [6, 6.07) is 8.63. The molecule has 10 nitrogen and oxygen atoms in total. The number of nitrogens with one attached hydrogen (secondary N) is 2. The van der Waals surface area contributed by atoms with Gasteiger partial charge in [0.15, 0.2) is 0 Å². The molecule has 5 heterocycles. The van der Waals surface area contributed by atoms with Crippen LogP contribution in [-0.2, 0) is 18.2 Å². The second-order valence-corrected chi connectivity index (χ2v) is 20.1. The van der Waals surface area contributed by atoms with Crippen LogP contribution in [0.4, 0.5) is 28.8 Å². The third-order valence-electron chi connectivity index (χ3n) is 10.0. The summed E-state index contributed by atoms with van der Waals surface area (Å²) in [5, 5.41) is 7.97. The summed E-state index contributed by atoms with van der Waals surface area (Å²) in [5.41, 5.74) is 5.91. The fraction of sp³-hybridized carbons (Fsp3) is 0.471. The van der Waals surface area contributed by atoms with Crippen LogP contribution in [0.2, 0.25) is 0 Å². The van der Waals surface area contributed by atoms with Crippen LogP contribution in [-0.4, -0.2) is 102 Å². The second-order valence-electron chi connectivity index (χ2n) is 13.3. The van der Waals surface area contributed by atoms with Crippen LogP contribution >= 0.6 is 22.0 Å². The lowest BCUT2D eigenvalue weighted by Crippen LogP contribution is -2.52. The first-order chi connectivity index (χ1) is 22.6. The van der Waals surface area contributed by atoms with Crippen molar-refractivity contribution in [3.8, 4) is 5.75 Å². The minimum atomic E-state index is -1.90. The van der Waals surface area contributed by atoms with Gasteiger partial charge in [-0.1, -0.05) is 18.7 Å². The van der Waals surface area contributed by atoms with Gasteiger partial charge in [-0.3, -0.25) is 14.9 Å². The van der Waals surface area contributed by atoms with Crippen molar-refractivity contribution in [1.82, 2.24) is 29.7 Å². The van der Waals surface area contributed by atoms with E-state index in [4.69, 9.17) is 21.5 Å². The van der Waals surface area contributed by atoms with E-state index < -0.39 is 6.04 Å². The molecule has 13 heteroatoms. The molecule has 2 aromatic carbocycles. The zero-order valence-corrected chi connectivity index (χ0v) is 31.0. The number of fused-ring (bicyclic) bond motifs is 3. The number of likely N-dealkylation sites (tertiary alicyclic amines) is 2. The Morgan fingerprint density at radius 2 is 1.79 bits per heavy atom. The highest BCUT2D eigenvalue weighted by atomic mass is 79.9. The number of benzene rings is 2. The Morgan fingerprint density at radius 1 is 1.00 bits per heavy atom. The molecule has 2 unspecified atom stereocenters. The quantitative estimate of drug-likeness (QED) is 0.200. The van der Waals surface area contributed by atoms with E-state index in [-0.39, 0.29) is 0 Å². The highest BCUT2D eigenvalue weighted by Crippen LogP contribution is 2.42. The number of piperazine rings is 1. The maximum absolute atomic E-state index is 6.01. The van der Waals surface area contributed by atoms with Crippen molar-refractivity contribution in [2.45, 2.75) is 50.7 Å². The fourth-order valence-electron chi connectivity index (χ4n) is 7.67. The number of rotatable bonds is 9. The monoisotopic (exact) mass is 735 g/mol. The van der Waals surface area contributed by atoms with Crippen LogP contribution in [0.3, 0.4) is 0 Å². The average Bonchev–Trinajstić information content (AvgIpc) is 3.65. The van der Waals surface area contributed by atoms with E-state index in [2.05, 4.69) is 95.6 Å². The van der Waals surface area contributed by atoms with Crippen molar-refractivity contribution in [2.24, 2.45) is 0 Å². The van der Waals surface area contributed by atoms with Crippen LogP contribution in [0.1, 0.15) is 31.7 Å². The number of hydrogen-bond acceptors (Lipinski definition) is 11. The Morgan fingerprint density at radius 3 is 2.47 bits per heavy atom. The fourth-order valence-corrected chi connectivity index (χ4v) is 9.91. The molecule has 248 valence electrons. The Kier molecular flexibility index (Phi) is 9.17. The van der Waals surface area contributed by atoms with Gasteiger partial charge >= 0.3 is 0 Å². The number of nitrogens with zero attached hydrogens (tertiary/aromatic N) is 7. The van der Waals surface area contributed by atoms with Crippen LogP contribution in [0, 0.1) is 0 Å². The van der Waals surface area contributed by atoms with E-state index >= 15 is 0 Å². The Balaban J connectivity index is 1.11. The number of piperidine rings is 1. The van der Waals surface area contributed by atoms with E-state index in [1.165, 1.54) is 43.6 Å². The van der Waals surface area contributed by atoms with Gasteiger partial charge in [-0.15, -0.1) is 0 Å². The number of hydrogen-bond donors (Lipinski definition) is 2. The lowest BCUT2D eigenvalue weighted by molar-refractivity contribution is 0.0929. The van der Waals surface area contributed by atoms with E-state index in [9.17, 15) is 0 Å². The number of methoxy groups -OCH3 is 1. The lowest BCUT2D eigenvalue weighted by Gasteiger charge is -2.43. The summed E-state index contributed by atoms with van der Waals surface area (Å²) in [7, 11) is 4.00. The Labute approximate surface area is 290 Å².